The number of aryl methyl sites for hydroxylation is 1. The first kappa shape index (κ1) is 28.0. The number of rotatable bonds is 6. The summed E-state index contributed by atoms with van der Waals surface area (Å²) in [6, 6.07) is 9.03. The third kappa shape index (κ3) is 6.26. The number of carbonyl (C=O) groups excluding carboxylic acids is 1. The lowest BCUT2D eigenvalue weighted by Gasteiger charge is -2.41. The molecule has 0 bridgehead atoms. The Morgan fingerprint density at radius 3 is 2.65 bits per heavy atom. The molecular weight excluding hydrogens is 523 g/mol. The molecule has 214 valence electrons. The number of nitrogens with zero attached hydrogens (tertiary/aromatic N) is 3. The van der Waals surface area contributed by atoms with Crippen molar-refractivity contribution in [2.24, 2.45) is 5.92 Å². The Hall–Kier alpha value is -3.57. The van der Waals surface area contributed by atoms with E-state index in [0.717, 1.165) is 41.2 Å². The number of hydrogen-bond acceptors (Lipinski definition) is 6. The lowest BCUT2D eigenvalue weighted by Crippen LogP contribution is -2.50. The Morgan fingerprint density at radius 2 is 1.95 bits per heavy atom. The normalized spacial score (nSPS) is 23.4. The highest BCUT2D eigenvalue weighted by molar-refractivity contribution is 5.91. The van der Waals surface area contributed by atoms with Gasteiger partial charge in [-0.25, -0.2) is 4.79 Å². The molecule has 3 aliphatic heterocycles. The summed E-state index contributed by atoms with van der Waals surface area (Å²) in [4.78, 5) is 20.8. The van der Waals surface area contributed by atoms with Gasteiger partial charge in [-0.3, -0.25) is 4.98 Å². The first-order valence-corrected chi connectivity index (χ1v) is 13.4. The van der Waals surface area contributed by atoms with Gasteiger partial charge >= 0.3 is 12.2 Å². The zero-order valence-electron chi connectivity index (χ0n) is 22.6. The summed E-state index contributed by atoms with van der Waals surface area (Å²) in [6.07, 6.45) is 2.77. The molecule has 2 aromatic rings. The van der Waals surface area contributed by atoms with E-state index in [1.807, 2.05) is 37.3 Å². The number of aromatic nitrogens is 1. The second-order valence-electron chi connectivity index (χ2n) is 10.4. The van der Waals surface area contributed by atoms with E-state index in [1.165, 1.54) is 4.90 Å². The lowest BCUT2D eigenvalue weighted by atomic mass is 9.91. The van der Waals surface area contributed by atoms with Gasteiger partial charge in [-0.15, -0.1) is 0 Å². The first-order chi connectivity index (χ1) is 19.2. The highest BCUT2D eigenvalue weighted by atomic mass is 19.4. The van der Waals surface area contributed by atoms with Crippen LogP contribution in [0.3, 0.4) is 0 Å². The van der Waals surface area contributed by atoms with E-state index < -0.39 is 30.3 Å². The van der Waals surface area contributed by atoms with E-state index in [2.05, 4.69) is 26.6 Å². The predicted octanol–water partition coefficient (Wildman–Crippen LogP) is 4.86. The third-order valence-electron chi connectivity index (χ3n) is 7.64. The molecule has 2 amide bonds. The second-order valence-corrected chi connectivity index (χ2v) is 10.4. The van der Waals surface area contributed by atoms with E-state index in [-0.39, 0.29) is 6.54 Å². The zero-order valence-corrected chi connectivity index (χ0v) is 22.6. The molecule has 1 aromatic carbocycles. The molecule has 5 rings (SSSR count). The summed E-state index contributed by atoms with van der Waals surface area (Å²) in [5.41, 5.74) is 3.28. The highest BCUT2D eigenvalue weighted by Crippen LogP contribution is 2.37. The molecule has 1 aromatic heterocycles. The van der Waals surface area contributed by atoms with E-state index in [1.54, 1.807) is 25.6 Å². The number of benzene rings is 1. The molecular formula is C29H34F3N5O3. The number of allylic oxidation sites excluding steroid dienone is 2. The Morgan fingerprint density at radius 1 is 1.20 bits per heavy atom. The van der Waals surface area contributed by atoms with Crippen LogP contribution in [0.2, 0.25) is 0 Å². The van der Waals surface area contributed by atoms with Gasteiger partial charge in [0.2, 0.25) is 0 Å². The SMILES string of the molecule is COC1(c2ccncc2)C=C(c2cc(NC(=O)N3CCC(CC(F)(F)F)C3)ccc2C)C=C(N2CCOCC2)N1. The van der Waals surface area contributed by atoms with Crippen molar-refractivity contribution in [3.63, 3.8) is 0 Å². The summed E-state index contributed by atoms with van der Waals surface area (Å²) >= 11 is 0. The molecule has 2 fully saturated rings. The molecule has 4 heterocycles. The Kier molecular flexibility index (Phi) is 8.04. The lowest BCUT2D eigenvalue weighted by molar-refractivity contribution is -0.143. The number of halogens is 3. The highest BCUT2D eigenvalue weighted by Gasteiger charge is 2.37. The largest absolute Gasteiger partial charge is 0.389 e. The molecule has 2 atom stereocenters. The van der Waals surface area contributed by atoms with E-state index in [9.17, 15) is 18.0 Å². The van der Waals surface area contributed by atoms with Crippen molar-refractivity contribution in [2.45, 2.75) is 31.7 Å². The molecule has 3 aliphatic rings. The van der Waals surface area contributed by atoms with Crippen LogP contribution in [0.1, 0.15) is 29.5 Å². The number of alkyl halides is 3. The fourth-order valence-electron chi connectivity index (χ4n) is 5.51. The number of urea groups is 1. The number of carbonyl (C=O) groups is 1. The molecule has 2 unspecified atom stereocenters. The minimum atomic E-state index is -4.23. The quantitative estimate of drug-likeness (QED) is 0.529. The van der Waals surface area contributed by atoms with Gasteiger partial charge in [0.15, 0.2) is 5.72 Å². The molecule has 0 saturated carbocycles. The van der Waals surface area contributed by atoms with Crippen molar-refractivity contribution in [1.82, 2.24) is 20.1 Å². The predicted molar refractivity (Wildman–Crippen MR) is 145 cm³/mol. The summed E-state index contributed by atoms with van der Waals surface area (Å²) in [5, 5.41) is 6.47. The first-order valence-electron chi connectivity index (χ1n) is 13.4. The number of pyridine rings is 1. The van der Waals surface area contributed by atoms with Gasteiger partial charge in [0, 0.05) is 63.4 Å². The zero-order chi connectivity index (χ0) is 28.3. The smallest absolute Gasteiger partial charge is 0.378 e. The Labute approximate surface area is 231 Å². The van der Waals surface area contributed by atoms with Crippen LogP contribution in [-0.2, 0) is 15.2 Å². The van der Waals surface area contributed by atoms with E-state index in [4.69, 9.17) is 9.47 Å². The van der Waals surface area contributed by atoms with Gasteiger partial charge in [-0.2, -0.15) is 13.2 Å². The van der Waals surface area contributed by atoms with Gasteiger partial charge in [0.25, 0.3) is 0 Å². The van der Waals surface area contributed by atoms with Crippen LogP contribution < -0.4 is 10.6 Å². The van der Waals surface area contributed by atoms with Crippen molar-refractivity contribution < 1.29 is 27.4 Å². The van der Waals surface area contributed by atoms with Crippen molar-refractivity contribution in [3.05, 3.63) is 77.4 Å². The van der Waals surface area contributed by atoms with Crippen LogP contribution in [0.4, 0.5) is 23.7 Å². The van der Waals surface area contributed by atoms with Crippen molar-refractivity contribution in [3.8, 4) is 0 Å². The van der Waals surface area contributed by atoms with E-state index >= 15 is 0 Å². The topological polar surface area (TPSA) is 79.0 Å². The average Bonchev–Trinajstić information content (AvgIpc) is 3.42. The summed E-state index contributed by atoms with van der Waals surface area (Å²) in [7, 11) is 1.65. The monoisotopic (exact) mass is 557 g/mol. The Bertz CT molecular complexity index is 1280. The minimum absolute atomic E-state index is 0.0921. The summed E-state index contributed by atoms with van der Waals surface area (Å²) in [6.45, 7) is 5.08. The van der Waals surface area contributed by atoms with Crippen LogP contribution in [0.25, 0.3) is 5.57 Å². The molecule has 0 spiro atoms. The number of anilines is 1. The summed E-state index contributed by atoms with van der Waals surface area (Å²) < 4.78 is 50.1. The molecule has 2 N–H and O–H groups in total. The number of morpholine rings is 1. The fourth-order valence-corrected chi connectivity index (χ4v) is 5.51. The van der Waals surface area contributed by atoms with Gasteiger partial charge in [0.05, 0.1) is 13.2 Å². The number of likely N-dealkylation sites (tertiary alicyclic amines) is 1. The second kappa shape index (κ2) is 11.5. The van der Waals surface area contributed by atoms with Crippen molar-refractivity contribution in [1.29, 1.82) is 0 Å². The molecule has 40 heavy (non-hydrogen) atoms. The molecule has 0 aliphatic carbocycles. The number of methoxy groups -OCH3 is 1. The maximum absolute atomic E-state index is 12.9. The molecule has 0 radical (unpaired) electrons. The van der Waals surface area contributed by atoms with Gasteiger partial charge in [0.1, 0.15) is 5.82 Å². The summed E-state index contributed by atoms with van der Waals surface area (Å²) in [5.74, 6) is 0.319. The minimum Gasteiger partial charge on any atom is -0.378 e. The van der Waals surface area contributed by atoms with Crippen LogP contribution >= 0.6 is 0 Å². The van der Waals surface area contributed by atoms with Crippen molar-refractivity contribution >= 4 is 17.3 Å². The molecule has 8 nitrogen and oxygen atoms in total. The van der Waals surface area contributed by atoms with E-state index in [0.29, 0.717) is 31.9 Å². The third-order valence-corrected chi connectivity index (χ3v) is 7.64. The van der Waals surface area contributed by atoms with Gasteiger partial charge in [-0.1, -0.05) is 6.07 Å². The number of nitrogens with one attached hydrogen (secondary N) is 2. The maximum Gasteiger partial charge on any atom is 0.389 e. The fraction of sp³-hybridized carbons (Fsp3) is 0.448. The van der Waals surface area contributed by atoms with Crippen molar-refractivity contribution in [2.75, 3.05) is 51.8 Å². The average molecular weight is 558 g/mol. The number of hydrogen-bond donors (Lipinski definition) is 2. The van der Waals surface area contributed by atoms with Gasteiger partial charge in [-0.05, 0) is 72.4 Å². The van der Waals surface area contributed by atoms with Crippen LogP contribution in [0.15, 0.2) is 60.7 Å². The maximum atomic E-state index is 12.9. The standard InChI is InChI=1S/C29H34F3N5O3/c1-20-3-4-24(34-27(38)37-10-7-21(19-37)17-29(30,31)32)16-25(20)22-15-26(36-11-13-40-14-12-36)35-28(18-22,39-2)23-5-8-33-9-6-23/h3-6,8-9,15-16,18,21,35H,7,10-14,17,19H2,1-2H3,(H,34,38). The van der Waals surface area contributed by atoms with Gasteiger partial charge < -0.3 is 29.9 Å². The van der Waals surface area contributed by atoms with Crippen LogP contribution in [0.5, 0.6) is 0 Å². The molecule has 11 heteroatoms. The Balaban J connectivity index is 1.43. The van der Waals surface area contributed by atoms with Crippen LogP contribution in [-0.4, -0.2) is 73.5 Å². The molecule has 2 saturated heterocycles. The number of ether oxygens (including phenoxy) is 2. The van der Waals surface area contributed by atoms with Crippen LogP contribution in [0, 0.1) is 12.8 Å². The number of dihydropyridines is 1. The number of amides is 2.